The Balaban J connectivity index is 2.34. The molecule has 1 aromatic heterocycles. The van der Waals surface area contributed by atoms with E-state index < -0.39 is 5.97 Å². The van der Waals surface area contributed by atoms with E-state index in [-0.39, 0.29) is 18.4 Å². The molecule has 2 N–H and O–H groups in total. The molecule has 1 atom stereocenters. The van der Waals surface area contributed by atoms with Gasteiger partial charge in [-0.3, -0.25) is 9.59 Å². The van der Waals surface area contributed by atoms with Crippen LogP contribution in [0.4, 0.5) is 0 Å². The zero-order chi connectivity index (χ0) is 14.4. The minimum absolute atomic E-state index is 0.0608. The summed E-state index contributed by atoms with van der Waals surface area (Å²) in [7, 11) is 0. The number of aryl methyl sites for hydroxylation is 2. The largest absolute Gasteiger partial charge is 0.481 e. The third-order valence-corrected chi connectivity index (χ3v) is 2.98. The van der Waals surface area contributed by atoms with Crippen molar-refractivity contribution < 1.29 is 19.2 Å². The number of hydrogen-bond donors (Lipinski definition) is 2. The second-order valence-electron chi connectivity index (χ2n) is 4.70. The number of carbonyl (C=O) groups is 2. The van der Waals surface area contributed by atoms with Crippen molar-refractivity contribution in [2.24, 2.45) is 0 Å². The zero-order valence-electron chi connectivity index (χ0n) is 11.5. The van der Waals surface area contributed by atoms with E-state index in [1.54, 1.807) is 6.92 Å². The first-order chi connectivity index (χ1) is 8.90. The lowest BCUT2D eigenvalue weighted by Gasteiger charge is -2.12. The van der Waals surface area contributed by atoms with Crippen LogP contribution in [0.2, 0.25) is 0 Å². The molecule has 0 spiro atoms. The minimum atomic E-state index is -0.850. The number of hydrogen-bond acceptors (Lipinski definition) is 4. The fourth-order valence-corrected chi connectivity index (χ4v) is 1.86. The summed E-state index contributed by atoms with van der Waals surface area (Å²) in [5.74, 6) is -0.195. The minimum Gasteiger partial charge on any atom is -0.481 e. The summed E-state index contributed by atoms with van der Waals surface area (Å²) in [6.45, 7) is 5.47. The third kappa shape index (κ3) is 5.11. The van der Waals surface area contributed by atoms with E-state index in [0.29, 0.717) is 19.3 Å². The molecule has 6 nitrogen and oxygen atoms in total. The normalized spacial score (nSPS) is 12.2. The van der Waals surface area contributed by atoms with Gasteiger partial charge in [0.15, 0.2) is 0 Å². The van der Waals surface area contributed by atoms with E-state index in [1.807, 2.05) is 13.8 Å². The molecule has 0 radical (unpaired) electrons. The lowest BCUT2D eigenvalue weighted by atomic mass is 10.1. The molecule has 0 aliphatic heterocycles. The van der Waals surface area contributed by atoms with Gasteiger partial charge in [-0.15, -0.1) is 0 Å². The van der Waals surface area contributed by atoms with Crippen LogP contribution in [0.5, 0.6) is 0 Å². The van der Waals surface area contributed by atoms with Crippen molar-refractivity contribution in [3.8, 4) is 0 Å². The molecule has 1 heterocycles. The highest BCUT2D eigenvalue weighted by molar-refractivity contribution is 5.76. The molecule has 19 heavy (non-hydrogen) atoms. The van der Waals surface area contributed by atoms with Crippen LogP contribution in [0.25, 0.3) is 0 Å². The van der Waals surface area contributed by atoms with Crippen LogP contribution < -0.4 is 5.32 Å². The van der Waals surface area contributed by atoms with Gasteiger partial charge in [0, 0.05) is 24.4 Å². The second-order valence-corrected chi connectivity index (χ2v) is 4.70. The van der Waals surface area contributed by atoms with Crippen LogP contribution in [0.1, 0.15) is 43.2 Å². The molecule has 1 rings (SSSR count). The maximum absolute atomic E-state index is 11.7. The highest BCUT2D eigenvalue weighted by Crippen LogP contribution is 2.14. The van der Waals surface area contributed by atoms with Gasteiger partial charge in [0.2, 0.25) is 5.91 Å². The molecule has 0 aliphatic carbocycles. The summed E-state index contributed by atoms with van der Waals surface area (Å²) >= 11 is 0. The van der Waals surface area contributed by atoms with Gasteiger partial charge < -0.3 is 14.9 Å². The molecular formula is C13H20N2O4. The summed E-state index contributed by atoms with van der Waals surface area (Å²) in [5.41, 5.74) is 1.78. The summed E-state index contributed by atoms with van der Waals surface area (Å²) in [5, 5.41) is 15.2. The number of carboxylic acid groups (broad SMARTS) is 1. The quantitative estimate of drug-likeness (QED) is 0.783. The standard InChI is InChI=1S/C13H20N2O4/c1-8(4-7-13(17)18)14-12(16)6-5-11-9(2)15-19-10(11)3/h8H,4-7H2,1-3H3,(H,14,16)(H,17,18). The van der Waals surface area contributed by atoms with Crippen molar-refractivity contribution in [1.82, 2.24) is 10.5 Å². The van der Waals surface area contributed by atoms with E-state index in [9.17, 15) is 9.59 Å². The van der Waals surface area contributed by atoms with Crippen LogP contribution in [-0.2, 0) is 16.0 Å². The highest BCUT2D eigenvalue weighted by Gasteiger charge is 2.13. The predicted molar refractivity (Wildman–Crippen MR) is 68.8 cm³/mol. The fraction of sp³-hybridized carbons (Fsp3) is 0.615. The van der Waals surface area contributed by atoms with Crippen molar-refractivity contribution in [1.29, 1.82) is 0 Å². The van der Waals surface area contributed by atoms with Gasteiger partial charge in [-0.2, -0.15) is 0 Å². The third-order valence-electron chi connectivity index (χ3n) is 2.98. The molecule has 0 saturated carbocycles. The molecule has 106 valence electrons. The summed E-state index contributed by atoms with van der Waals surface area (Å²) in [4.78, 5) is 22.1. The average molecular weight is 268 g/mol. The zero-order valence-corrected chi connectivity index (χ0v) is 11.5. The molecule has 1 aromatic rings. The Morgan fingerprint density at radius 1 is 1.37 bits per heavy atom. The lowest BCUT2D eigenvalue weighted by Crippen LogP contribution is -2.33. The number of carboxylic acids is 1. The number of amides is 1. The maximum Gasteiger partial charge on any atom is 0.303 e. The number of rotatable bonds is 7. The average Bonchev–Trinajstić information content (AvgIpc) is 2.64. The number of aromatic nitrogens is 1. The van der Waals surface area contributed by atoms with Gasteiger partial charge in [-0.25, -0.2) is 0 Å². The molecule has 6 heteroatoms. The van der Waals surface area contributed by atoms with Crippen LogP contribution in [0.15, 0.2) is 4.52 Å². The first kappa shape index (κ1) is 15.2. The molecule has 1 amide bonds. The number of nitrogens with one attached hydrogen (secondary N) is 1. The molecule has 0 bridgehead atoms. The highest BCUT2D eigenvalue weighted by atomic mass is 16.5. The lowest BCUT2D eigenvalue weighted by molar-refractivity contribution is -0.137. The van der Waals surface area contributed by atoms with Crippen molar-refractivity contribution in [3.05, 3.63) is 17.0 Å². The Morgan fingerprint density at radius 3 is 2.58 bits per heavy atom. The molecule has 0 saturated heterocycles. The van der Waals surface area contributed by atoms with E-state index >= 15 is 0 Å². The van der Waals surface area contributed by atoms with E-state index in [4.69, 9.17) is 9.63 Å². The van der Waals surface area contributed by atoms with Gasteiger partial charge in [0.05, 0.1) is 5.69 Å². The topological polar surface area (TPSA) is 92.4 Å². The summed E-state index contributed by atoms with van der Waals surface area (Å²) in [6, 6.07) is -0.131. The Hall–Kier alpha value is -1.85. The van der Waals surface area contributed by atoms with Gasteiger partial charge in [-0.05, 0) is 33.6 Å². The van der Waals surface area contributed by atoms with Gasteiger partial charge in [0.25, 0.3) is 0 Å². The van der Waals surface area contributed by atoms with Crippen molar-refractivity contribution in [3.63, 3.8) is 0 Å². The monoisotopic (exact) mass is 268 g/mol. The first-order valence-corrected chi connectivity index (χ1v) is 6.33. The SMILES string of the molecule is Cc1noc(C)c1CCC(=O)NC(C)CCC(=O)O. The van der Waals surface area contributed by atoms with E-state index in [2.05, 4.69) is 10.5 Å². The Kier molecular flexibility index (Phi) is 5.54. The van der Waals surface area contributed by atoms with E-state index in [1.165, 1.54) is 0 Å². The van der Waals surface area contributed by atoms with Crippen LogP contribution in [-0.4, -0.2) is 28.2 Å². The molecular weight excluding hydrogens is 248 g/mol. The van der Waals surface area contributed by atoms with Crippen molar-refractivity contribution in [2.75, 3.05) is 0 Å². The van der Waals surface area contributed by atoms with E-state index in [0.717, 1.165) is 17.0 Å². The Bertz CT molecular complexity index is 434. The second kappa shape index (κ2) is 6.92. The Morgan fingerprint density at radius 2 is 2.05 bits per heavy atom. The van der Waals surface area contributed by atoms with Gasteiger partial charge in [-0.1, -0.05) is 5.16 Å². The van der Waals surface area contributed by atoms with Crippen LogP contribution in [0.3, 0.4) is 0 Å². The predicted octanol–water partition coefficient (Wildman–Crippen LogP) is 1.59. The number of aliphatic carboxylic acids is 1. The molecule has 1 unspecified atom stereocenters. The van der Waals surface area contributed by atoms with Gasteiger partial charge >= 0.3 is 5.97 Å². The number of carbonyl (C=O) groups excluding carboxylic acids is 1. The van der Waals surface area contributed by atoms with Crippen molar-refractivity contribution in [2.45, 2.75) is 52.5 Å². The summed E-state index contributed by atoms with van der Waals surface area (Å²) in [6.07, 6.45) is 1.43. The van der Waals surface area contributed by atoms with Gasteiger partial charge in [0.1, 0.15) is 5.76 Å². The fourth-order valence-electron chi connectivity index (χ4n) is 1.86. The summed E-state index contributed by atoms with van der Waals surface area (Å²) < 4.78 is 5.03. The first-order valence-electron chi connectivity index (χ1n) is 6.33. The maximum atomic E-state index is 11.7. The van der Waals surface area contributed by atoms with Crippen molar-refractivity contribution >= 4 is 11.9 Å². The smallest absolute Gasteiger partial charge is 0.303 e. The Labute approximate surface area is 112 Å². The molecule has 0 aromatic carbocycles. The number of nitrogens with zero attached hydrogens (tertiary/aromatic N) is 1. The molecule has 0 fully saturated rings. The molecule has 0 aliphatic rings. The van der Waals surface area contributed by atoms with Crippen LogP contribution in [0, 0.1) is 13.8 Å². The van der Waals surface area contributed by atoms with Crippen LogP contribution >= 0.6 is 0 Å².